The van der Waals surface area contributed by atoms with Crippen LogP contribution in [-0.4, -0.2) is 17.9 Å². The predicted octanol–water partition coefficient (Wildman–Crippen LogP) is 1.12. The molecule has 0 heterocycles. The average Bonchev–Trinajstić information content (AvgIpc) is 2.00. The Morgan fingerprint density at radius 2 is 1.87 bits per heavy atom. The lowest BCUT2D eigenvalue weighted by molar-refractivity contribution is -0.387. The van der Waals surface area contributed by atoms with Gasteiger partial charge < -0.3 is 0 Å². The zero-order valence-corrected chi connectivity index (χ0v) is 7.66. The highest BCUT2D eigenvalue weighted by Gasteiger charge is 2.29. The predicted molar refractivity (Wildman–Crippen MR) is 42.8 cm³/mol. The number of rotatable bonds is 2. The number of hydrogen-bond donors (Lipinski definition) is 1. The molecule has 0 amide bonds. The zero-order valence-electron chi connectivity index (χ0n) is 6.85. The van der Waals surface area contributed by atoms with Crippen LogP contribution in [0.5, 0.6) is 0 Å². The summed E-state index contributed by atoms with van der Waals surface area (Å²) in [5, 5.41) is 10.2. The second-order valence-electron chi connectivity index (χ2n) is 2.44. The monoisotopic (exact) mass is 239 g/mol. The van der Waals surface area contributed by atoms with Crippen molar-refractivity contribution in [2.75, 3.05) is 0 Å². The Balaban J connectivity index is 3.66. The van der Waals surface area contributed by atoms with Crippen LogP contribution in [0.25, 0.3) is 0 Å². The van der Waals surface area contributed by atoms with Crippen LogP contribution >= 0.6 is 0 Å². The number of halogens is 2. The molecule has 0 aromatic heterocycles. The maximum Gasteiger partial charge on any atom is 0.306 e. The Hall–Kier alpha value is -1.61. The lowest BCUT2D eigenvalue weighted by Gasteiger charge is -2.01. The molecule has 1 aromatic rings. The van der Waals surface area contributed by atoms with E-state index in [-0.39, 0.29) is 0 Å². The fraction of sp³-hybridized carbons (Fsp3) is 0. The molecule has 82 valence electrons. The van der Waals surface area contributed by atoms with Gasteiger partial charge in [-0.05, 0) is 6.07 Å². The summed E-state index contributed by atoms with van der Waals surface area (Å²) in [7, 11) is -5.17. The van der Waals surface area contributed by atoms with E-state index >= 15 is 0 Å². The minimum Gasteiger partial charge on any atom is -0.282 e. The van der Waals surface area contributed by atoms with E-state index in [1.807, 2.05) is 0 Å². The molecule has 1 aromatic carbocycles. The summed E-state index contributed by atoms with van der Waals surface area (Å²) in [5.74, 6) is -3.52. The molecular weight excluding hydrogens is 236 g/mol. The van der Waals surface area contributed by atoms with Gasteiger partial charge in [0.2, 0.25) is 5.82 Å². The van der Waals surface area contributed by atoms with Gasteiger partial charge in [-0.2, -0.15) is 12.8 Å². The van der Waals surface area contributed by atoms with Gasteiger partial charge in [0, 0.05) is 6.07 Å². The van der Waals surface area contributed by atoms with Crippen molar-refractivity contribution in [3.05, 3.63) is 33.9 Å². The molecular formula is C6H3F2NO5S. The molecule has 0 aliphatic carbocycles. The van der Waals surface area contributed by atoms with Crippen molar-refractivity contribution in [1.82, 2.24) is 0 Å². The van der Waals surface area contributed by atoms with Crippen LogP contribution in [0.1, 0.15) is 0 Å². The largest absolute Gasteiger partial charge is 0.306 e. The summed E-state index contributed by atoms with van der Waals surface area (Å²) < 4.78 is 55.3. The first-order valence-electron chi connectivity index (χ1n) is 3.35. The van der Waals surface area contributed by atoms with Crippen LogP contribution in [0.2, 0.25) is 0 Å². The van der Waals surface area contributed by atoms with E-state index in [4.69, 9.17) is 4.55 Å². The molecule has 0 bridgehead atoms. The quantitative estimate of drug-likeness (QED) is 0.473. The van der Waals surface area contributed by atoms with Crippen LogP contribution in [0.3, 0.4) is 0 Å². The Kier molecular flexibility index (Phi) is 2.69. The van der Waals surface area contributed by atoms with Gasteiger partial charge >= 0.3 is 15.8 Å². The maximum absolute atomic E-state index is 13.1. The fourth-order valence-electron chi connectivity index (χ4n) is 0.900. The normalized spacial score (nSPS) is 11.4. The summed E-state index contributed by atoms with van der Waals surface area (Å²) in [4.78, 5) is 7.22. The van der Waals surface area contributed by atoms with Crippen LogP contribution in [0, 0.1) is 21.7 Å². The van der Waals surface area contributed by atoms with Gasteiger partial charge in [0.1, 0.15) is 5.82 Å². The van der Waals surface area contributed by atoms with E-state index in [0.717, 1.165) is 0 Å². The molecule has 15 heavy (non-hydrogen) atoms. The summed E-state index contributed by atoms with van der Waals surface area (Å²) in [5.41, 5.74) is -1.23. The summed E-state index contributed by atoms with van der Waals surface area (Å²) >= 11 is 0. The number of hydrogen-bond acceptors (Lipinski definition) is 4. The topological polar surface area (TPSA) is 97.5 Å². The molecule has 0 atom stereocenters. The van der Waals surface area contributed by atoms with Crippen molar-refractivity contribution in [2.45, 2.75) is 4.90 Å². The maximum atomic E-state index is 13.1. The van der Waals surface area contributed by atoms with E-state index in [0.29, 0.717) is 12.1 Å². The summed E-state index contributed by atoms with van der Waals surface area (Å²) in [6, 6.07) is 0.837. The molecule has 0 aliphatic heterocycles. The highest BCUT2D eigenvalue weighted by Crippen LogP contribution is 2.26. The zero-order chi connectivity index (χ0) is 11.8. The third-order valence-electron chi connectivity index (χ3n) is 1.48. The molecule has 0 spiro atoms. The molecule has 6 nitrogen and oxygen atoms in total. The standard InChI is InChI=1S/C6H3F2NO5S/c7-3-1-2-4(9(10)11)5(8)6(3)15(12,13)14/h1-2H,(H,12,13,14). The highest BCUT2D eigenvalue weighted by atomic mass is 32.2. The molecule has 0 fully saturated rings. The first-order valence-corrected chi connectivity index (χ1v) is 4.79. The van der Waals surface area contributed by atoms with E-state index in [2.05, 4.69) is 0 Å². The molecule has 0 aliphatic rings. The average molecular weight is 239 g/mol. The van der Waals surface area contributed by atoms with Crippen molar-refractivity contribution in [1.29, 1.82) is 0 Å². The number of nitro groups is 1. The second kappa shape index (κ2) is 3.51. The Morgan fingerprint density at radius 1 is 1.33 bits per heavy atom. The first kappa shape index (κ1) is 11.5. The Labute approximate surface area is 82.0 Å². The van der Waals surface area contributed by atoms with Gasteiger partial charge in [0.15, 0.2) is 4.90 Å². The van der Waals surface area contributed by atoms with Gasteiger partial charge in [-0.3, -0.25) is 14.7 Å². The number of nitro benzene ring substituents is 1. The second-order valence-corrected chi connectivity index (χ2v) is 3.80. The Bertz CT molecular complexity index is 527. The number of nitrogens with zero attached hydrogens (tertiary/aromatic N) is 1. The molecule has 1 rings (SSSR count). The fourth-order valence-corrected chi connectivity index (χ4v) is 1.55. The highest BCUT2D eigenvalue weighted by molar-refractivity contribution is 7.85. The third kappa shape index (κ3) is 2.07. The smallest absolute Gasteiger partial charge is 0.282 e. The minimum absolute atomic E-state index is 0.379. The van der Waals surface area contributed by atoms with Gasteiger partial charge in [-0.15, -0.1) is 0 Å². The van der Waals surface area contributed by atoms with Crippen molar-refractivity contribution < 1.29 is 26.7 Å². The Morgan fingerprint density at radius 3 is 2.27 bits per heavy atom. The van der Waals surface area contributed by atoms with Crippen molar-refractivity contribution in [2.24, 2.45) is 0 Å². The molecule has 0 saturated carbocycles. The third-order valence-corrected chi connectivity index (χ3v) is 2.37. The number of benzene rings is 1. The molecule has 1 N–H and O–H groups in total. The van der Waals surface area contributed by atoms with Crippen LogP contribution in [0.4, 0.5) is 14.5 Å². The lowest BCUT2D eigenvalue weighted by Crippen LogP contribution is -2.07. The van der Waals surface area contributed by atoms with Gasteiger partial charge in [-0.1, -0.05) is 0 Å². The van der Waals surface area contributed by atoms with Crippen LogP contribution in [-0.2, 0) is 10.1 Å². The SMILES string of the molecule is O=[N+]([O-])c1ccc(F)c(S(=O)(=O)O)c1F. The van der Waals surface area contributed by atoms with Gasteiger partial charge in [0.25, 0.3) is 0 Å². The van der Waals surface area contributed by atoms with Crippen LogP contribution in [0.15, 0.2) is 17.0 Å². The van der Waals surface area contributed by atoms with Crippen molar-refractivity contribution >= 4 is 15.8 Å². The van der Waals surface area contributed by atoms with E-state index < -0.39 is 37.3 Å². The van der Waals surface area contributed by atoms with E-state index in [1.54, 1.807) is 0 Å². The van der Waals surface area contributed by atoms with E-state index in [1.165, 1.54) is 0 Å². The van der Waals surface area contributed by atoms with Gasteiger partial charge in [0.05, 0.1) is 4.92 Å². The molecule has 0 saturated heterocycles. The summed E-state index contributed by atoms with van der Waals surface area (Å²) in [6.07, 6.45) is 0. The lowest BCUT2D eigenvalue weighted by atomic mass is 10.3. The molecule has 0 radical (unpaired) electrons. The minimum atomic E-state index is -5.17. The van der Waals surface area contributed by atoms with Crippen LogP contribution < -0.4 is 0 Å². The summed E-state index contributed by atoms with van der Waals surface area (Å²) in [6.45, 7) is 0. The van der Waals surface area contributed by atoms with Crippen molar-refractivity contribution in [3.8, 4) is 0 Å². The van der Waals surface area contributed by atoms with Crippen molar-refractivity contribution in [3.63, 3.8) is 0 Å². The van der Waals surface area contributed by atoms with E-state index in [9.17, 15) is 27.3 Å². The molecule has 9 heteroatoms. The molecule has 0 unspecified atom stereocenters. The van der Waals surface area contributed by atoms with Gasteiger partial charge in [-0.25, -0.2) is 4.39 Å². The first-order chi connectivity index (χ1) is 6.75.